The number of carbonyl (C=O) groups is 2. The molecule has 0 spiro atoms. The minimum absolute atomic E-state index is 0.00850. The molecule has 2 rings (SSSR count). The fourth-order valence-corrected chi connectivity index (χ4v) is 3.32. The normalized spacial score (nSPS) is 12.4. The average Bonchev–Trinajstić information content (AvgIpc) is 3.14. The predicted octanol–water partition coefficient (Wildman–Crippen LogP) is 3.15. The molecule has 0 aliphatic heterocycles. The molecule has 2 aromatic heterocycles. The Morgan fingerprint density at radius 3 is 2.12 bits per heavy atom. The molecule has 0 saturated carbocycles. The van der Waals surface area contributed by atoms with Crippen LogP contribution in [0.15, 0.2) is 12.7 Å². The third kappa shape index (κ3) is 9.59. The van der Waals surface area contributed by atoms with E-state index in [1.165, 1.54) is 6.33 Å². The summed E-state index contributed by atoms with van der Waals surface area (Å²) in [5.41, 5.74) is 6.88. The third-order valence-corrected chi connectivity index (χ3v) is 4.91. The number of aromatic nitrogens is 4. The van der Waals surface area contributed by atoms with E-state index in [-0.39, 0.29) is 30.5 Å². The average molecular weight is 503 g/mol. The Kier molecular flexibility index (Phi) is 11.1. The summed E-state index contributed by atoms with van der Waals surface area (Å²) in [7, 11) is -1.76. The zero-order chi connectivity index (χ0) is 25.1. The highest BCUT2D eigenvalue weighted by Gasteiger charge is 2.18. The zero-order valence-electron chi connectivity index (χ0n) is 19.7. The maximum absolute atomic E-state index is 11.5. The Hall–Kier alpha value is -2.80. The molecule has 0 saturated heterocycles. The molecule has 14 nitrogen and oxygen atoms in total. The summed E-state index contributed by atoms with van der Waals surface area (Å²) in [5.74, 6) is 0.287. The number of hydrogen-bond donors (Lipinski definition) is 1. The van der Waals surface area contributed by atoms with Crippen LogP contribution in [0.5, 0.6) is 0 Å². The number of rotatable bonds is 13. The van der Waals surface area contributed by atoms with Gasteiger partial charge in [0.2, 0.25) is 22.0 Å². The van der Waals surface area contributed by atoms with Crippen molar-refractivity contribution in [2.75, 3.05) is 25.7 Å². The van der Waals surface area contributed by atoms with Crippen LogP contribution in [0, 0.1) is 0 Å². The van der Waals surface area contributed by atoms with Crippen molar-refractivity contribution in [1.29, 1.82) is 0 Å². The summed E-state index contributed by atoms with van der Waals surface area (Å²) in [4.78, 5) is 35.3. The molecule has 190 valence electrons. The van der Waals surface area contributed by atoms with Gasteiger partial charge in [0, 0.05) is 0 Å². The maximum atomic E-state index is 11.5. The molecular formula is C19H30N5O9P. The number of nitrogen functional groups attached to an aromatic ring is 1. The number of nitrogens with zero attached hydrogens (tertiary/aromatic N) is 4. The molecule has 2 N–H and O–H groups in total. The third-order valence-electron chi connectivity index (χ3n) is 3.76. The van der Waals surface area contributed by atoms with Crippen LogP contribution in [0.25, 0.3) is 11.2 Å². The van der Waals surface area contributed by atoms with Crippen LogP contribution in [0.1, 0.15) is 34.6 Å². The van der Waals surface area contributed by atoms with Gasteiger partial charge in [-0.3, -0.25) is 9.05 Å². The Morgan fingerprint density at radius 2 is 1.56 bits per heavy atom. The van der Waals surface area contributed by atoms with Gasteiger partial charge in [0.15, 0.2) is 11.5 Å². The van der Waals surface area contributed by atoms with Crippen LogP contribution in [0.2, 0.25) is 0 Å². The van der Waals surface area contributed by atoms with Gasteiger partial charge in [-0.25, -0.2) is 24.5 Å². The number of fused-ring (bicyclic) bond motifs is 1. The van der Waals surface area contributed by atoms with Gasteiger partial charge in [0.25, 0.3) is 0 Å². The lowest BCUT2D eigenvalue weighted by molar-refractivity contribution is -0.0287. The number of hydrogen-bond acceptors (Lipinski definition) is 13. The van der Waals surface area contributed by atoms with Crippen molar-refractivity contribution in [1.82, 2.24) is 19.5 Å². The minimum Gasteiger partial charge on any atom is -0.432 e. The van der Waals surface area contributed by atoms with Crippen molar-refractivity contribution in [3.8, 4) is 0 Å². The van der Waals surface area contributed by atoms with E-state index in [9.17, 15) is 9.59 Å². The first kappa shape index (κ1) is 27.4. The highest BCUT2D eigenvalue weighted by Crippen LogP contribution is 2.38. The number of imidazole rings is 1. The van der Waals surface area contributed by atoms with E-state index in [0.717, 1.165) is 0 Å². The first-order valence-electron chi connectivity index (χ1n) is 10.4. The molecule has 34 heavy (non-hydrogen) atoms. The first-order chi connectivity index (χ1) is 16.2. The second kappa shape index (κ2) is 13.8. The molecule has 0 aliphatic carbocycles. The van der Waals surface area contributed by atoms with Crippen LogP contribution in [-0.4, -0.2) is 70.1 Å². The Morgan fingerprint density at radius 1 is 0.971 bits per heavy atom. The molecule has 2 aromatic rings. The van der Waals surface area contributed by atoms with Gasteiger partial charge in [0.05, 0.1) is 31.2 Å². The van der Waals surface area contributed by atoms with Gasteiger partial charge in [-0.1, -0.05) is 0 Å². The van der Waals surface area contributed by atoms with E-state index in [0.29, 0.717) is 17.7 Å². The van der Waals surface area contributed by atoms with E-state index < -0.39 is 34.3 Å². The van der Waals surface area contributed by atoms with Crippen molar-refractivity contribution in [3.05, 3.63) is 12.7 Å². The maximum Gasteiger partial charge on any atom is 0.510 e. The molecule has 0 amide bonds. The molecule has 1 unspecified atom stereocenters. The molecular weight excluding hydrogens is 473 g/mol. The summed E-state index contributed by atoms with van der Waals surface area (Å²) < 4.78 is 37.9. The Balaban J connectivity index is 1.87. The van der Waals surface area contributed by atoms with E-state index in [1.807, 2.05) is 6.92 Å². The molecule has 0 bridgehead atoms. The van der Waals surface area contributed by atoms with Crippen LogP contribution >= 0.6 is 8.38 Å². The number of anilines is 1. The van der Waals surface area contributed by atoms with Crippen molar-refractivity contribution in [2.24, 2.45) is 0 Å². The Labute approximate surface area is 197 Å². The van der Waals surface area contributed by atoms with Gasteiger partial charge in [-0.05, 0) is 34.6 Å². The lowest BCUT2D eigenvalue weighted by Crippen LogP contribution is -2.19. The summed E-state index contributed by atoms with van der Waals surface area (Å²) >= 11 is 0. The highest BCUT2D eigenvalue weighted by molar-refractivity contribution is 7.47. The lowest BCUT2D eigenvalue weighted by Gasteiger charge is -2.20. The zero-order valence-corrected chi connectivity index (χ0v) is 20.6. The number of ether oxygens (including phenoxy) is 5. The van der Waals surface area contributed by atoms with Crippen molar-refractivity contribution in [2.45, 2.75) is 59.5 Å². The van der Waals surface area contributed by atoms with Crippen LogP contribution in [-0.2, 0) is 39.3 Å². The second-order valence-corrected chi connectivity index (χ2v) is 8.82. The van der Waals surface area contributed by atoms with Gasteiger partial charge in [-0.15, -0.1) is 0 Å². The molecule has 0 fully saturated rings. The Bertz CT molecular complexity index is 899. The lowest BCUT2D eigenvalue weighted by atomic mass is 10.4. The fraction of sp³-hybridized carbons (Fsp3) is 0.632. The predicted molar refractivity (Wildman–Crippen MR) is 119 cm³/mol. The molecule has 2 heterocycles. The second-order valence-electron chi connectivity index (χ2n) is 7.38. The largest absolute Gasteiger partial charge is 0.510 e. The standard InChI is InChI=1S/C19H30N5O9P/c1-12(2)32-18(25)27-9-30-34(31-10-28-19(26)33-13(3)4)11-29-14(5)6-24-8-23-15-16(20)21-7-22-17(15)24/h7-8,12-14H,6,9-11H2,1-5H3,(H2,20,21,22). The van der Waals surface area contributed by atoms with Gasteiger partial charge in [0.1, 0.15) is 18.2 Å². The fourth-order valence-electron chi connectivity index (χ4n) is 2.38. The molecule has 0 aromatic carbocycles. The summed E-state index contributed by atoms with van der Waals surface area (Å²) in [6.07, 6.45) is 0.179. The summed E-state index contributed by atoms with van der Waals surface area (Å²) in [5, 5.41) is 0. The van der Waals surface area contributed by atoms with Gasteiger partial charge in [-0.2, -0.15) is 0 Å². The van der Waals surface area contributed by atoms with E-state index in [4.69, 9.17) is 38.5 Å². The van der Waals surface area contributed by atoms with Crippen molar-refractivity contribution < 1.29 is 42.3 Å². The van der Waals surface area contributed by atoms with Crippen LogP contribution in [0.3, 0.4) is 0 Å². The summed E-state index contributed by atoms with van der Waals surface area (Å²) in [6.45, 7) is 8.11. The minimum atomic E-state index is -1.76. The smallest absolute Gasteiger partial charge is 0.432 e. The topological polar surface area (TPSA) is 168 Å². The van der Waals surface area contributed by atoms with Crippen LogP contribution < -0.4 is 5.73 Å². The van der Waals surface area contributed by atoms with E-state index in [1.54, 1.807) is 38.6 Å². The van der Waals surface area contributed by atoms with Crippen molar-refractivity contribution >= 4 is 37.7 Å². The van der Waals surface area contributed by atoms with E-state index >= 15 is 0 Å². The summed E-state index contributed by atoms with van der Waals surface area (Å²) in [6, 6.07) is 0. The van der Waals surface area contributed by atoms with Crippen molar-refractivity contribution in [3.63, 3.8) is 0 Å². The van der Waals surface area contributed by atoms with Gasteiger partial charge >= 0.3 is 12.3 Å². The molecule has 0 radical (unpaired) electrons. The van der Waals surface area contributed by atoms with Crippen LogP contribution in [0.4, 0.5) is 15.4 Å². The first-order valence-corrected chi connectivity index (χ1v) is 11.7. The SMILES string of the molecule is CC(C)OC(=O)OCOP(COC(C)Cn1cnc2c(N)ncnc21)OCOC(=O)OC(C)C. The molecule has 15 heteroatoms. The molecule has 1 atom stereocenters. The van der Waals surface area contributed by atoms with E-state index in [2.05, 4.69) is 15.0 Å². The number of nitrogens with two attached hydrogens (primary N) is 1. The highest BCUT2D eigenvalue weighted by atomic mass is 31.2. The monoisotopic (exact) mass is 503 g/mol. The quantitative estimate of drug-likeness (QED) is 0.240. The van der Waals surface area contributed by atoms with Gasteiger partial charge < -0.3 is 34.0 Å². The molecule has 0 aliphatic rings. The number of carbonyl (C=O) groups excluding carboxylic acids is 2.